The number of aromatic nitrogens is 4. The molecule has 0 saturated heterocycles. The van der Waals surface area contributed by atoms with Crippen molar-refractivity contribution in [2.75, 3.05) is 5.32 Å². The van der Waals surface area contributed by atoms with Crippen LogP contribution in [0.5, 0.6) is 11.8 Å². The van der Waals surface area contributed by atoms with Crippen molar-refractivity contribution in [1.29, 1.82) is 0 Å². The van der Waals surface area contributed by atoms with E-state index in [-0.39, 0.29) is 12.0 Å². The third-order valence-corrected chi connectivity index (χ3v) is 4.19. The second-order valence-electron chi connectivity index (χ2n) is 6.84. The Kier molecular flexibility index (Phi) is 12.4. The van der Waals surface area contributed by atoms with Crippen molar-refractivity contribution < 1.29 is 18.3 Å². The molecule has 2 aromatic rings. The molecule has 0 bridgehead atoms. The Morgan fingerprint density at radius 2 is 1.83 bits per heavy atom. The van der Waals surface area contributed by atoms with Crippen molar-refractivity contribution in [2.45, 2.75) is 85.9 Å². The van der Waals surface area contributed by atoms with Crippen molar-refractivity contribution in [3.8, 4) is 11.8 Å². The molecule has 1 unspecified atom stereocenters. The summed E-state index contributed by atoms with van der Waals surface area (Å²) in [5, 5.41) is 9.07. The zero-order valence-electron chi connectivity index (χ0n) is 18.6. The molecule has 1 fully saturated rings. The molecule has 0 aliphatic heterocycles. The van der Waals surface area contributed by atoms with Crippen LogP contribution in [0.4, 0.5) is 20.4 Å². The zero-order valence-corrected chi connectivity index (χ0v) is 18.6. The zero-order chi connectivity index (χ0) is 22.4. The fourth-order valence-corrected chi connectivity index (χ4v) is 2.91. The Morgan fingerprint density at radius 1 is 1.13 bits per heavy atom. The monoisotopic (exact) mass is 427 g/mol. The molecule has 0 amide bonds. The van der Waals surface area contributed by atoms with E-state index >= 15 is 0 Å². The number of aromatic amines is 1. The van der Waals surface area contributed by atoms with E-state index < -0.39 is 6.61 Å². The number of anilines is 2. The predicted molar refractivity (Wildman–Crippen MR) is 115 cm³/mol. The molecule has 1 saturated carbocycles. The standard InChI is InChI=1S/C16H21F2N5O2.C3H8.C2H6/c1-10-5-3-2-4-6-11(10)24-15-9-19-8-13(21-15)20-12-7-14(23-22-12)25-16(17)18;1-3-2;1-2/h7-11,16H,2-6H2,1H3,(H2,20,21,22,23);3H2,1-2H3;1-2H3/t10-,11?;;/m0../s1. The summed E-state index contributed by atoms with van der Waals surface area (Å²) >= 11 is 0. The number of nitrogens with one attached hydrogen (secondary N) is 2. The van der Waals surface area contributed by atoms with Crippen LogP contribution in [0.15, 0.2) is 18.5 Å². The molecule has 1 aliphatic carbocycles. The van der Waals surface area contributed by atoms with Crippen LogP contribution in [0.1, 0.15) is 73.1 Å². The first-order valence-electron chi connectivity index (χ1n) is 10.8. The highest BCUT2D eigenvalue weighted by molar-refractivity contribution is 5.51. The maximum Gasteiger partial charge on any atom is 0.388 e. The van der Waals surface area contributed by atoms with Gasteiger partial charge in [0.1, 0.15) is 11.9 Å². The van der Waals surface area contributed by atoms with Gasteiger partial charge < -0.3 is 14.8 Å². The maximum absolute atomic E-state index is 12.2. The third-order valence-electron chi connectivity index (χ3n) is 4.19. The van der Waals surface area contributed by atoms with Crippen molar-refractivity contribution in [2.24, 2.45) is 5.92 Å². The molecule has 0 radical (unpaired) electrons. The summed E-state index contributed by atoms with van der Waals surface area (Å²) in [6, 6.07) is 1.31. The molecule has 2 N–H and O–H groups in total. The second kappa shape index (κ2) is 14.5. The SMILES string of the molecule is CC.CCC.C[C@H]1CCCCCC1Oc1cncc(Nc2cc(OC(F)F)n[nH]2)n1. The number of H-pyrrole nitrogens is 1. The average molecular weight is 428 g/mol. The van der Waals surface area contributed by atoms with Gasteiger partial charge >= 0.3 is 6.61 Å². The molecule has 170 valence electrons. The van der Waals surface area contributed by atoms with Gasteiger partial charge in [0.15, 0.2) is 5.82 Å². The van der Waals surface area contributed by atoms with Crippen molar-refractivity contribution in [3.05, 3.63) is 18.5 Å². The van der Waals surface area contributed by atoms with Crippen LogP contribution in [0.2, 0.25) is 0 Å². The molecule has 2 aromatic heterocycles. The van der Waals surface area contributed by atoms with Crippen molar-refractivity contribution in [3.63, 3.8) is 0 Å². The number of alkyl halides is 2. The lowest BCUT2D eigenvalue weighted by molar-refractivity contribution is -0.0528. The fourth-order valence-electron chi connectivity index (χ4n) is 2.91. The lowest BCUT2D eigenvalue weighted by atomic mass is 10.00. The molecule has 2 heterocycles. The Bertz CT molecular complexity index is 700. The number of halogens is 2. The highest BCUT2D eigenvalue weighted by Crippen LogP contribution is 2.27. The molecule has 1 aliphatic rings. The second-order valence-corrected chi connectivity index (χ2v) is 6.84. The van der Waals surface area contributed by atoms with Gasteiger partial charge in [0.2, 0.25) is 11.8 Å². The van der Waals surface area contributed by atoms with E-state index in [1.54, 1.807) is 6.20 Å². The van der Waals surface area contributed by atoms with Gasteiger partial charge in [-0.3, -0.25) is 10.1 Å². The third kappa shape index (κ3) is 9.37. The molecule has 9 heteroatoms. The lowest BCUT2D eigenvalue weighted by Crippen LogP contribution is -2.24. The van der Waals surface area contributed by atoms with Crippen LogP contribution in [0.25, 0.3) is 0 Å². The molecule has 0 aromatic carbocycles. The first-order valence-corrected chi connectivity index (χ1v) is 10.8. The van der Waals surface area contributed by atoms with Crippen LogP contribution in [-0.2, 0) is 0 Å². The minimum atomic E-state index is -2.92. The maximum atomic E-state index is 12.2. The number of rotatable bonds is 6. The predicted octanol–water partition coefficient (Wildman–Crippen LogP) is 6.33. The van der Waals surface area contributed by atoms with Crippen molar-refractivity contribution >= 4 is 11.6 Å². The summed E-state index contributed by atoms with van der Waals surface area (Å²) in [5.41, 5.74) is 0. The van der Waals surface area contributed by atoms with Crippen LogP contribution in [-0.4, -0.2) is 32.9 Å². The average Bonchev–Trinajstić information content (AvgIpc) is 3.04. The lowest BCUT2D eigenvalue weighted by Gasteiger charge is -2.22. The summed E-state index contributed by atoms with van der Waals surface area (Å²) < 4.78 is 34.5. The number of nitrogens with zero attached hydrogens (tertiary/aromatic N) is 3. The van der Waals surface area contributed by atoms with Gasteiger partial charge in [-0.1, -0.05) is 53.9 Å². The first-order chi connectivity index (χ1) is 14.5. The van der Waals surface area contributed by atoms with Gasteiger partial charge in [-0.2, -0.15) is 13.8 Å². The van der Waals surface area contributed by atoms with Gasteiger partial charge in [0, 0.05) is 6.07 Å². The summed E-state index contributed by atoms with van der Waals surface area (Å²) in [6.07, 6.45) is 10.2. The van der Waals surface area contributed by atoms with Crippen LogP contribution >= 0.6 is 0 Å². The number of hydrogen-bond acceptors (Lipinski definition) is 6. The van der Waals surface area contributed by atoms with Gasteiger partial charge in [-0.15, -0.1) is 5.10 Å². The highest BCUT2D eigenvalue weighted by Gasteiger charge is 2.22. The Hall–Kier alpha value is -2.45. The molecule has 0 spiro atoms. The van der Waals surface area contributed by atoms with E-state index in [4.69, 9.17) is 4.74 Å². The minimum Gasteiger partial charge on any atom is -0.473 e. The molecular weight excluding hydrogens is 392 g/mol. The van der Waals surface area contributed by atoms with Gasteiger partial charge in [0.25, 0.3) is 0 Å². The normalized spacial score (nSPS) is 18.3. The van der Waals surface area contributed by atoms with E-state index in [0.717, 1.165) is 19.3 Å². The molecule has 30 heavy (non-hydrogen) atoms. The highest BCUT2D eigenvalue weighted by atomic mass is 19.3. The molecule has 2 atom stereocenters. The van der Waals surface area contributed by atoms with E-state index in [1.807, 2.05) is 13.8 Å². The molecule has 3 rings (SSSR count). The van der Waals surface area contributed by atoms with E-state index in [2.05, 4.69) is 51.0 Å². The summed E-state index contributed by atoms with van der Waals surface area (Å²) in [5.74, 6) is 1.50. The number of hydrogen-bond donors (Lipinski definition) is 2. The quantitative estimate of drug-likeness (QED) is 0.524. The van der Waals surface area contributed by atoms with Crippen LogP contribution in [0, 0.1) is 5.92 Å². The Labute approximate surface area is 178 Å². The Morgan fingerprint density at radius 3 is 2.53 bits per heavy atom. The molecule has 7 nitrogen and oxygen atoms in total. The minimum absolute atomic E-state index is 0.130. The smallest absolute Gasteiger partial charge is 0.388 e. The van der Waals surface area contributed by atoms with Gasteiger partial charge in [-0.05, 0) is 25.2 Å². The van der Waals surface area contributed by atoms with Crippen LogP contribution in [0.3, 0.4) is 0 Å². The Balaban J connectivity index is 0.000000826. The first kappa shape index (κ1) is 25.6. The van der Waals surface area contributed by atoms with E-state index in [1.165, 1.54) is 31.5 Å². The summed E-state index contributed by atoms with van der Waals surface area (Å²) in [6.45, 7) is 7.52. The largest absolute Gasteiger partial charge is 0.473 e. The summed E-state index contributed by atoms with van der Waals surface area (Å²) in [4.78, 5) is 8.48. The molecular formula is C21H35F2N5O2. The van der Waals surface area contributed by atoms with Crippen LogP contribution < -0.4 is 14.8 Å². The van der Waals surface area contributed by atoms with Gasteiger partial charge in [0.05, 0.1) is 12.4 Å². The van der Waals surface area contributed by atoms with E-state index in [0.29, 0.717) is 23.4 Å². The van der Waals surface area contributed by atoms with E-state index in [9.17, 15) is 8.78 Å². The van der Waals surface area contributed by atoms with Crippen molar-refractivity contribution in [1.82, 2.24) is 20.2 Å². The topological polar surface area (TPSA) is 85.0 Å². The van der Waals surface area contributed by atoms with Gasteiger partial charge in [-0.25, -0.2) is 0 Å². The number of ether oxygens (including phenoxy) is 2. The summed E-state index contributed by atoms with van der Waals surface area (Å²) in [7, 11) is 0. The fraction of sp³-hybridized carbons (Fsp3) is 0.667.